The number of hydrogen-bond acceptors (Lipinski definition) is 3. The van der Waals surface area contributed by atoms with E-state index in [1.54, 1.807) is 24.3 Å². The molecule has 1 atom stereocenters. The van der Waals surface area contributed by atoms with Crippen molar-refractivity contribution >= 4 is 23.5 Å². The van der Waals surface area contributed by atoms with Crippen LogP contribution in [0.2, 0.25) is 5.02 Å². The highest BCUT2D eigenvalue weighted by Crippen LogP contribution is 2.14. The third-order valence-electron chi connectivity index (χ3n) is 2.71. The van der Waals surface area contributed by atoms with Crippen LogP contribution in [0.5, 0.6) is 0 Å². The van der Waals surface area contributed by atoms with Gasteiger partial charge in [-0.3, -0.25) is 4.79 Å². The maximum absolute atomic E-state index is 11.6. The van der Waals surface area contributed by atoms with Gasteiger partial charge in [0.1, 0.15) is 6.61 Å². The number of benzene rings is 1. The Morgan fingerprint density at radius 2 is 2.11 bits per heavy atom. The molecule has 1 fully saturated rings. The van der Waals surface area contributed by atoms with E-state index in [0.29, 0.717) is 11.6 Å². The number of carbonyl (C=O) groups excluding carboxylic acids is 1. The van der Waals surface area contributed by atoms with Crippen molar-refractivity contribution in [2.75, 3.05) is 13.2 Å². The van der Waals surface area contributed by atoms with Crippen molar-refractivity contribution < 1.29 is 19.4 Å². The number of aliphatic carboxylic acids is 1. The number of nitrogens with zero attached hydrogens (tertiary/aromatic N) is 1. The first-order valence-electron chi connectivity index (χ1n) is 5.43. The Kier molecular flexibility index (Phi) is 3.84. The summed E-state index contributed by atoms with van der Waals surface area (Å²) >= 11 is 5.77. The first-order chi connectivity index (χ1) is 8.56. The Labute approximate surface area is 109 Å². The zero-order chi connectivity index (χ0) is 13.1. The predicted molar refractivity (Wildman–Crippen MR) is 64.2 cm³/mol. The number of carbonyl (C=O) groups is 2. The minimum Gasteiger partial charge on any atom is -0.479 e. The molecule has 0 bridgehead atoms. The zero-order valence-corrected chi connectivity index (χ0v) is 10.3. The van der Waals surface area contributed by atoms with Crippen LogP contribution in [0.3, 0.4) is 0 Å². The van der Waals surface area contributed by atoms with Crippen molar-refractivity contribution in [3.8, 4) is 0 Å². The fourth-order valence-electron chi connectivity index (χ4n) is 1.73. The standard InChI is InChI=1S/C12H12ClNO4/c13-9-3-1-8(2-4-9)5-14-6-10(12(16)17)18-7-11(14)15/h1-4,10H,5-7H2,(H,16,17). The van der Waals surface area contributed by atoms with Crippen molar-refractivity contribution in [2.24, 2.45) is 0 Å². The van der Waals surface area contributed by atoms with Gasteiger partial charge >= 0.3 is 5.97 Å². The summed E-state index contributed by atoms with van der Waals surface area (Å²) in [5.74, 6) is -1.26. The first kappa shape index (κ1) is 12.9. The van der Waals surface area contributed by atoms with Crippen LogP contribution >= 0.6 is 11.6 Å². The molecule has 2 rings (SSSR count). The molecule has 0 spiro atoms. The van der Waals surface area contributed by atoms with Crippen molar-refractivity contribution in [3.05, 3.63) is 34.9 Å². The Balaban J connectivity index is 2.04. The molecule has 1 amide bonds. The molecule has 1 aliphatic rings. The molecule has 0 saturated carbocycles. The van der Waals surface area contributed by atoms with Crippen LogP contribution < -0.4 is 0 Å². The van der Waals surface area contributed by atoms with Crippen LogP contribution in [0, 0.1) is 0 Å². The molecule has 6 heteroatoms. The van der Waals surface area contributed by atoms with Crippen molar-refractivity contribution in [1.82, 2.24) is 4.90 Å². The van der Waals surface area contributed by atoms with E-state index >= 15 is 0 Å². The van der Waals surface area contributed by atoms with E-state index in [1.807, 2.05) is 0 Å². The largest absolute Gasteiger partial charge is 0.479 e. The summed E-state index contributed by atoms with van der Waals surface area (Å²) < 4.78 is 4.93. The maximum atomic E-state index is 11.6. The molecule has 1 aliphatic heterocycles. The SMILES string of the molecule is O=C(O)C1CN(Cc2ccc(Cl)cc2)C(=O)CO1. The van der Waals surface area contributed by atoms with Gasteiger partial charge in [0.15, 0.2) is 6.10 Å². The molecule has 0 aliphatic carbocycles. The molecular weight excluding hydrogens is 258 g/mol. The highest BCUT2D eigenvalue weighted by molar-refractivity contribution is 6.30. The molecule has 18 heavy (non-hydrogen) atoms. The lowest BCUT2D eigenvalue weighted by Crippen LogP contribution is -2.49. The number of carboxylic acids is 1. The third kappa shape index (κ3) is 3.00. The number of rotatable bonds is 3. The molecule has 1 aromatic rings. The lowest BCUT2D eigenvalue weighted by molar-refractivity contribution is -0.165. The highest BCUT2D eigenvalue weighted by Gasteiger charge is 2.30. The predicted octanol–water partition coefficient (Wildman–Crippen LogP) is 1.15. The summed E-state index contributed by atoms with van der Waals surface area (Å²) in [5.41, 5.74) is 0.902. The Bertz CT molecular complexity index is 460. The Morgan fingerprint density at radius 1 is 1.44 bits per heavy atom. The lowest BCUT2D eigenvalue weighted by atomic mass is 10.2. The number of morpholine rings is 1. The monoisotopic (exact) mass is 269 g/mol. The average Bonchev–Trinajstić information content (AvgIpc) is 2.34. The highest BCUT2D eigenvalue weighted by atomic mass is 35.5. The number of amides is 1. The molecule has 1 unspecified atom stereocenters. The number of carboxylic acid groups (broad SMARTS) is 1. The van der Waals surface area contributed by atoms with E-state index < -0.39 is 12.1 Å². The van der Waals surface area contributed by atoms with E-state index in [9.17, 15) is 9.59 Å². The molecule has 5 nitrogen and oxygen atoms in total. The minimum absolute atomic E-state index is 0.0663. The Morgan fingerprint density at radius 3 is 2.72 bits per heavy atom. The second kappa shape index (κ2) is 5.37. The fraction of sp³-hybridized carbons (Fsp3) is 0.333. The van der Waals surface area contributed by atoms with E-state index in [0.717, 1.165) is 5.56 Å². The molecule has 1 saturated heterocycles. The molecule has 1 aromatic carbocycles. The van der Waals surface area contributed by atoms with Gasteiger partial charge in [-0.25, -0.2) is 4.79 Å². The van der Waals surface area contributed by atoms with Crippen LogP contribution in [-0.2, 0) is 20.9 Å². The van der Waals surface area contributed by atoms with Gasteiger partial charge < -0.3 is 14.7 Å². The molecule has 96 valence electrons. The molecule has 1 N–H and O–H groups in total. The average molecular weight is 270 g/mol. The number of hydrogen-bond donors (Lipinski definition) is 1. The van der Waals surface area contributed by atoms with E-state index in [1.165, 1.54) is 4.90 Å². The van der Waals surface area contributed by atoms with Crippen LogP contribution in [0.1, 0.15) is 5.56 Å². The van der Waals surface area contributed by atoms with Crippen LogP contribution in [-0.4, -0.2) is 41.1 Å². The second-order valence-corrected chi connectivity index (χ2v) is 4.48. The van der Waals surface area contributed by atoms with Gasteiger partial charge in [-0.2, -0.15) is 0 Å². The normalized spacial score (nSPS) is 19.9. The summed E-state index contributed by atoms with van der Waals surface area (Å²) in [4.78, 5) is 23.9. The third-order valence-corrected chi connectivity index (χ3v) is 2.96. The first-order valence-corrected chi connectivity index (χ1v) is 5.80. The topological polar surface area (TPSA) is 66.8 Å². The van der Waals surface area contributed by atoms with Crippen molar-refractivity contribution in [2.45, 2.75) is 12.6 Å². The van der Waals surface area contributed by atoms with Crippen LogP contribution in [0.25, 0.3) is 0 Å². The van der Waals surface area contributed by atoms with Gasteiger partial charge in [0.2, 0.25) is 5.91 Å². The van der Waals surface area contributed by atoms with E-state index in [2.05, 4.69) is 0 Å². The van der Waals surface area contributed by atoms with Gasteiger partial charge in [0, 0.05) is 11.6 Å². The lowest BCUT2D eigenvalue weighted by Gasteiger charge is -2.30. The van der Waals surface area contributed by atoms with Gasteiger partial charge in [-0.15, -0.1) is 0 Å². The Hall–Kier alpha value is -1.59. The van der Waals surface area contributed by atoms with E-state index in [4.69, 9.17) is 21.4 Å². The maximum Gasteiger partial charge on any atom is 0.334 e. The smallest absolute Gasteiger partial charge is 0.334 e. The summed E-state index contributed by atoms with van der Waals surface area (Å²) in [6.45, 7) is 0.241. The number of ether oxygens (including phenoxy) is 1. The number of halogens is 1. The second-order valence-electron chi connectivity index (χ2n) is 4.04. The molecule has 1 heterocycles. The minimum atomic E-state index is -1.05. The molecular formula is C12H12ClNO4. The van der Waals surface area contributed by atoms with Gasteiger partial charge in [-0.1, -0.05) is 23.7 Å². The summed E-state index contributed by atoms with van der Waals surface area (Å²) in [7, 11) is 0. The molecule has 0 aromatic heterocycles. The van der Waals surface area contributed by atoms with Crippen molar-refractivity contribution in [1.29, 1.82) is 0 Å². The van der Waals surface area contributed by atoms with Gasteiger partial charge in [0.05, 0.1) is 6.54 Å². The van der Waals surface area contributed by atoms with E-state index in [-0.39, 0.29) is 19.1 Å². The molecule has 0 radical (unpaired) electrons. The summed E-state index contributed by atoms with van der Waals surface area (Å²) in [5, 5.41) is 9.49. The fourth-order valence-corrected chi connectivity index (χ4v) is 1.86. The van der Waals surface area contributed by atoms with Gasteiger partial charge in [0.25, 0.3) is 0 Å². The summed E-state index contributed by atoms with van der Waals surface area (Å²) in [6.07, 6.45) is -0.949. The summed E-state index contributed by atoms with van der Waals surface area (Å²) in [6, 6.07) is 7.08. The van der Waals surface area contributed by atoms with Gasteiger partial charge in [-0.05, 0) is 17.7 Å². The zero-order valence-electron chi connectivity index (χ0n) is 9.51. The van der Waals surface area contributed by atoms with Crippen molar-refractivity contribution in [3.63, 3.8) is 0 Å². The van der Waals surface area contributed by atoms with Crippen LogP contribution in [0.15, 0.2) is 24.3 Å². The quantitative estimate of drug-likeness (QED) is 0.894. The van der Waals surface area contributed by atoms with Crippen LogP contribution in [0.4, 0.5) is 0 Å².